The fourth-order valence-electron chi connectivity index (χ4n) is 3.55. The molecule has 1 heterocycles. The second kappa shape index (κ2) is 5.17. The minimum atomic E-state index is -0.804. The quantitative estimate of drug-likeness (QED) is 0.909. The predicted molar refractivity (Wildman–Crippen MR) is 79.1 cm³/mol. The molecule has 0 radical (unpaired) electrons. The molecule has 2 atom stereocenters. The number of aliphatic carboxylic acids is 1. The molecule has 1 fully saturated rings. The molecular weight excluding hydrogens is 266 g/mol. The molecule has 0 unspecified atom stereocenters. The van der Waals surface area contributed by atoms with Gasteiger partial charge in [-0.05, 0) is 43.7 Å². The highest BCUT2D eigenvalue weighted by Gasteiger charge is 2.43. The lowest BCUT2D eigenvalue weighted by Gasteiger charge is -2.29. The fraction of sp³-hybridized carbons (Fsp3) is 0.529. The summed E-state index contributed by atoms with van der Waals surface area (Å²) in [7, 11) is 0. The van der Waals surface area contributed by atoms with E-state index >= 15 is 0 Å². The van der Waals surface area contributed by atoms with Gasteiger partial charge in [0.05, 0.1) is 11.3 Å². The summed E-state index contributed by atoms with van der Waals surface area (Å²) in [6, 6.07) is 8.14. The van der Waals surface area contributed by atoms with Crippen molar-refractivity contribution in [3.05, 3.63) is 35.4 Å². The number of nitrogens with zero attached hydrogens (tertiary/aromatic N) is 1. The van der Waals surface area contributed by atoms with Crippen LogP contribution in [0.15, 0.2) is 24.3 Å². The van der Waals surface area contributed by atoms with Gasteiger partial charge in [0.2, 0.25) is 5.91 Å². The van der Waals surface area contributed by atoms with E-state index in [1.54, 1.807) is 11.8 Å². The highest BCUT2D eigenvalue weighted by Crippen LogP contribution is 2.36. The zero-order valence-electron chi connectivity index (χ0n) is 12.3. The van der Waals surface area contributed by atoms with Crippen molar-refractivity contribution in [1.29, 1.82) is 0 Å². The summed E-state index contributed by atoms with van der Waals surface area (Å²) in [5.74, 6) is -0.792. The second-order valence-electron chi connectivity index (χ2n) is 6.52. The molecule has 4 nitrogen and oxygen atoms in total. The van der Waals surface area contributed by atoms with E-state index in [4.69, 9.17) is 0 Å². The number of hydrogen-bond acceptors (Lipinski definition) is 2. The topological polar surface area (TPSA) is 57.6 Å². The lowest BCUT2D eigenvalue weighted by atomic mass is 9.82. The largest absolute Gasteiger partial charge is 0.481 e. The first-order valence-electron chi connectivity index (χ1n) is 7.61. The van der Waals surface area contributed by atoms with E-state index in [2.05, 4.69) is 6.07 Å². The number of carbonyl (C=O) groups is 2. The molecule has 1 aromatic rings. The Hall–Kier alpha value is -1.84. The van der Waals surface area contributed by atoms with Gasteiger partial charge in [-0.2, -0.15) is 0 Å². The van der Waals surface area contributed by atoms with Gasteiger partial charge in [-0.1, -0.05) is 24.3 Å². The molecule has 0 bridgehead atoms. The van der Waals surface area contributed by atoms with Crippen LogP contribution in [0.25, 0.3) is 0 Å². The highest BCUT2D eigenvalue weighted by atomic mass is 16.4. The Balaban J connectivity index is 1.80. The van der Waals surface area contributed by atoms with Crippen molar-refractivity contribution in [2.45, 2.75) is 38.5 Å². The van der Waals surface area contributed by atoms with Crippen LogP contribution in [0.2, 0.25) is 0 Å². The van der Waals surface area contributed by atoms with E-state index in [0.717, 1.165) is 24.8 Å². The van der Waals surface area contributed by atoms with Crippen molar-refractivity contribution in [3.63, 3.8) is 0 Å². The zero-order chi connectivity index (χ0) is 15.0. The Morgan fingerprint density at radius 3 is 2.81 bits per heavy atom. The van der Waals surface area contributed by atoms with Crippen molar-refractivity contribution < 1.29 is 14.7 Å². The number of likely N-dealkylation sites (tertiary alicyclic amines) is 1. The third kappa shape index (κ3) is 2.43. The van der Waals surface area contributed by atoms with Crippen LogP contribution in [0.4, 0.5) is 0 Å². The summed E-state index contributed by atoms with van der Waals surface area (Å²) < 4.78 is 0. The molecule has 1 aliphatic heterocycles. The maximum absolute atomic E-state index is 12.8. The monoisotopic (exact) mass is 287 g/mol. The zero-order valence-corrected chi connectivity index (χ0v) is 12.3. The van der Waals surface area contributed by atoms with Crippen LogP contribution in [0.3, 0.4) is 0 Å². The van der Waals surface area contributed by atoms with Gasteiger partial charge in [-0.15, -0.1) is 0 Å². The summed E-state index contributed by atoms with van der Waals surface area (Å²) in [5.41, 5.74) is 1.61. The molecule has 0 aromatic heterocycles. The third-order valence-corrected chi connectivity index (χ3v) is 4.97. The van der Waals surface area contributed by atoms with E-state index in [0.29, 0.717) is 19.5 Å². The third-order valence-electron chi connectivity index (χ3n) is 4.97. The first-order chi connectivity index (χ1) is 10.0. The average molecular weight is 287 g/mol. The van der Waals surface area contributed by atoms with Crippen LogP contribution in [-0.2, 0) is 16.0 Å². The van der Waals surface area contributed by atoms with Crippen LogP contribution >= 0.6 is 0 Å². The molecule has 1 aromatic carbocycles. The number of carbonyl (C=O) groups excluding carboxylic acids is 1. The molecule has 112 valence electrons. The van der Waals surface area contributed by atoms with E-state index in [1.165, 1.54) is 5.56 Å². The standard InChI is InChI=1S/C17H21NO3/c1-17(16(20)21)9-10-18(11-17)15(19)14-8-4-6-12-5-2-3-7-13(12)14/h2-3,5,7,14H,4,6,8-11H2,1H3,(H,20,21)/t14-,17+/m1/s1. The van der Waals surface area contributed by atoms with E-state index in [9.17, 15) is 14.7 Å². The number of rotatable bonds is 2. The highest BCUT2D eigenvalue weighted by molar-refractivity contribution is 5.86. The SMILES string of the molecule is C[C@]1(C(=O)O)CCN(C(=O)[C@@H]2CCCc3ccccc32)C1. The molecular formula is C17H21NO3. The Bertz CT molecular complexity index is 583. The van der Waals surface area contributed by atoms with Gasteiger partial charge in [0, 0.05) is 13.1 Å². The molecule has 0 saturated carbocycles. The van der Waals surface area contributed by atoms with Crippen molar-refractivity contribution in [2.75, 3.05) is 13.1 Å². The lowest BCUT2D eigenvalue weighted by Crippen LogP contribution is -2.38. The number of fused-ring (bicyclic) bond motifs is 1. The predicted octanol–water partition coefficient (Wildman–Crippen LogP) is 2.43. The molecule has 1 saturated heterocycles. The Morgan fingerprint density at radius 2 is 2.10 bits per heavy atom. The Morgan fingerprint density at radius 1 is 1.33 bits per heavy atom. The van der Waals surface area contributed by atoms with Gasteiger partial charge in [0.25, 0.3) is 0 Å². The molecule has 0 spiro atoms. The second-order valence-corrected chi connectivity index (χ2v) is 6.52. The van der Waals surface area contributed by atoms with Gasteiger partial charge < -0.3 is 10.0 Å². The first kappa shape index (κ1) is 14.1. The molecule has 1 aliphatic carbocycles. The number of amides is 1. The smallest absolute Gasteiger partial charge is 0.311 e. The van der Waals surface area contributed by atoms with Crippen molar-refractivity contribution in [1.82, 2.24) is 4.90 Å². The molecule has 4 heteroatoms. The summed E-state index contributed by atoms with van der Waals surface area (Å²) >= 11 is 0. The molecule has 1 N–H and O–H groups in total. The number of carboxylic acids is 1. The van der Waals surface area contributed by atoms with Crippen LogP contribution in [-0.4, -0.2) is 35.0 Å². The minimum absolute atomic E-state index is 0.0916. The Labute approximate surface area is 124 Å². The van der Waals surface area contributed by atoms with E-state index in [1.807, 2.05) is 18.2 Å². The van der Waals surface area contributed by atoms with Crippen molar-refractivity contribution in [2.24, 2.45) is 5.41 Å². The number of benzene rings is 1. The van der Waals surface area contributed by atoms with Crippen molar-refractivity contribution in [3.8, 4) is 0 Å². The number of aryl methyl sites for hydroxylation is 1. The summed E-state index contributed by atoms with van der Waals surface area (Å²) in [5, 5.41) is 9.30. The Kier molecular flexibility index (Phi) is 3.47. The maximum Gasteiger partial charge on any atom is 0.311 e. The summed E-state index contributed by atoms with van der Waals surface area (Å²) in [6.07, 6.45) is 3.48. The summed E-state index contributed by atoms with van der Waals surface area (Å²) in [6.45, 7) is 2.62. The van der Waals surface area contributed by atoms with Crippen molar-refractivity contribution >= 4 is 11.9 Å². The van der Waals surface area contributed by atoms with Crippen LogP contribution in [0.5, 0.6) is 0 Å². The number of hydrogen-bond donors (Lipinski definition) is 1. The van der Waals surface area contributed by atoms with Crippen LogP contribution < -0.4 is 0 Å². The normalized spacial score (nSPS) is 28.2. The van der Waals surface area contributed by atoms with E-state index in [-0.39, 0.29) is 11.8 Å². The van der Waals surface area contributed by atoms with Crippen LogP contribution in [0, 0.1) is 5.41 Å². The van der Waals surface area contributed by atoms with E-state index < -0.39 is 11.4 Å². The average Bonchev–Trinajstić information content (AvgIpc) is 2.90. The van der Waals surface area contributed by atoms with Crippen LogP contribution in [0.1, 0.15) is 43.2 Å². The lowest BCUT2D eigenvalue weighted by molar-refractivity contribution is -0.147. The molecule has 2 aliphatic rings. The maximum atomic E-state index is 12.8. The summed E-state index contributed by atoms with van der Waals surface area (Å²) in [4.78, 5) is 25.9. The van der Waals surface area contributed by atoms with Gasteiger partial charge in [-0.3, -0.25) is 9.59 Å². The van der Waals surface area contributed by atoms with Gasteiger partial charge >= 0.3 is 5.97 Å². The fourth-order valence-corrected chi connectivity index (χ4v) is 3.55. The minimum Gasteiger partial charge on any atom is -0.481 e. The first-order valence-corrected chi connectivity index (χ1v) is 7.61. The van der Waals surface area contributed by atoms with Gasteiger partial charge in [-0.25, -0.2) is 0 Å². The molecule has 3 rings (SSSR count). The van der Waals surface area contributed by atoms with Gasteiger partial charge in [0.15, 0.2) is 0 Å². The molecule has 1 amide bonds. The van der Waals surface area contributed by atoms with Gasteiger partial charge in [0.1, 0.15) is 0 Å². The molecule has 21 heavy (non-hydrogen) atoms. The number of carboxylic acid groups (broad SMARTS) is 1.